The zero-order valence-corrected chi connectivity index (χ0v) is 21.3. The Labute approximate surface area is 202 Å². The number of ether oxygens (including phenoxy) is 1. The topological polar surface area (TPSA) is 101 Å². The van der Waals surface area contributed by atoms with Crippen molar-refractivity contribution in [2.75, 3.05) is 29.0 Å². The van der Waals surface area contributed by atoms with Crippen molar-refractivity contribution < 1.29 is 17.9 Å². The number of nitrogens with one attached hydrogen (secondary N) is 1. The predicted molar refractivity (Wildman–Crippen MR) is 133 cm³/mol. The fraction of sp³-hybridized carbons (Fsp3) is 0.318. The van der Waals surface area contributed by atoms with E-state index in [9.17, 15) is 13.2 Å². The zero-order valence-electron chi connectivity index (χ0n) is 18.8. The molecule has 0 saturated carbocycles. The average molecular weight is 507 g/mol. The van der Waals surface area contributed by atoms with Crippen molar-refractivity contribution in [3.8, 4) is 5.75 Å². The molecule has 0 aliphatic heterocycles. The van der Waals surface area contributed by atoms with Crippen molar-refractivity contribution in [2.24, 2.45) is 5.92 Å². The molecule has 11 heteroatoms. The van der Waals surface area contributed by atoms with E-state index < -0.39 is 22.5 Å². The molecule has 0 fully saturated rings. The number of anilines is 2. The molecule has 0 aliphatic carbocycles. The molecule has 0 unspecified atom stereocenters. The van der Waals surface area contributed by atoms with Gasteiger partial charge >= 0.3 is 0 Å². The summed E-state index contributed by atoms with van der Waals surface area (Å²) in [4.78, 5) is 13.0. The summed E-state index contributed by atoms with van der Waals surface area (Å²) in [6.45, 7) is 5.64. The standard InChI is InChI=1S/C22H26N4O4S3/c1-15(2)14-31-22-25-24-21(32-22)23-20(27)13-26(18-7-5-6-8-19(18)30-4)33(28,29)17-11-9-16(3)10-12-17/h5-12,15H,13-14H2,1-4H3,(H,23,24,27). The molecule has 3 rings (SSSR count). The lowest BCUT2D eigenvalue weighted by molar-refractivity contribution is -0.114. The fourth-order valence-corrected chi connectivity index (χ4v) is 5.99. The van der Waals surface area contributed by atoms with Crippen LogP contribution in [0.1, 0.15) is 19.4 Å². The molecule has 1 N–H and O–H groups in total. The molecule has 3 aromatic rings. The van der Waals surface area contributed by atoms with E-state index in [1.165, 1.54) is 30.6 Å². The number of amides is 1. The third-order valence-corrected chi connectivity index (χ3v) is 8.62. The molecule has 0 aliphatic rings. The first-order valence-corrected chi connectivity index (χ1v) is 13.4. The molecule has 0 saturated heterocycles. The van der Waals surface area contributed by atoms with Crippen molar-refractivity contribution in [1.29, 1.82) is 0 Å². The van der Waals surface area contributed by atoms with Gasteiger partial charge in [-0.05, 0) is 37.1 Å². The minimum absolute atomic E-state index is 0.0788. The van der Waals surface area contributed by atoms with Crippen molar-refractivity contribution in [2.45, 2.75) is 30.0 Å². The molecule has 8 nitrogen and oxygen atoms in total. The second-order valence-corrected chi connectivity index (χ2v) is 11.7. The number of carbonyl (C=O) groups is 1. The van der Waals surface area contributed by atoms with Crippen LogP contribution in [0.3, 0.4) is 0 Å². The first-order valence-electron chi connectivity index (χ1n) is 10.2. The summed E-state index contributed by atoms with van der Waals surface area (Å²) >= 11 is 2.82. The quantitative estimate of drug-likeness (QED) is 0.320. The van der Waals surface area contributed by atoms with Gasteiger partial charge in [0.2, 0.25) is 11.0 Å². The normalized spacial score (nSPS) is 11.4. The summed E-state index contributed by atoms with van der Waals surface area (Å²) in [6, 6.07) is 13.1. The zero-order chi connectivity index (χ0) is 24.0. The van der Waals surface area contributed by atoms with E-state index in [2.05, 4.69) is 29.4 Å². The highest BCUT2D eigenvalue weighted by Crippen LogP contribution is 2.32. The van der Waals surface area contributed by atoms with Crippen LogP contribution in [0.5, 0.6) is 5.75 Å². The predicted octanol–water partition coefficient (Wildman–Crippen LogP) is 4.44. The number of methoxy groups -OCH3 is 1. The van der Waals surface area contributed by atoms with Crippen LogP contribution in [0.25, 0.3) is 0 Å². The molecule has 176 valence electrons. The number of thioether (sulfide) groups is 1. The van der Waals surface area contributed by atoms with Crippen LogP contribution in [0.4, 0.5) is 10.8 Å². The van der Waals surface area contributed by atoms with Gasteiger partial charge in [-0.25, -0.2) is 8.42 Å². The first kappa shape index (κ1) is 25.0. The van der Waals surface area contributed by atoms with Gasteiger partial charge in [0.25, 0.3) is 10.0 Å². The highest BCUT2D eigenvalue weighted by molar-refractivity contribution is 8.01. The highest BCUT2D eigenvalue weighted by atomic mass is 32.2. The summed E-state index contributed by atoms with van der Waals surface area (Å²) in [5, 5.41) is 11.1. The number of sulfonamides is 1. The Morgan fingerprint density at radius 3 is 2.52 bits per heavy atom. The van der Waals surface area contributed by atoms with Crippen LogP contribution in [0.2, 0.25) is 0 Å². The van der Waals surface area contributed by atoms with Gasteiger partial charge in [-0.2, -0.15) is 0 Å². The van der Waals surface area contributed by atoms with Gasteiger partial charge < -0.3 is 4.74 Å². The maximum absolute atomic E-state index is 13.5. The van der Waals surface area contributed by atoms with E-state index in [-0.39, 0.29) is 10.6 Å². The van der Waals surface area contributed by atoms with E-state index in [1.807, 2.05) is 6.92 Å². The molecule has 1 amide bonds. The highest BCUT2D eigenvalue weighted by Gasteiger charge is 2.29. The minimum Gasteiger partial charge on any atom is -0.495 e. The summed E-state index contributed by atoms with van der Waals surface area (Å²) in [7, 11) is -2.60. The largest absolute Gasteiger partial charge is 0.495 e. The van der Waals surface area contributed by atoms with Gasteiger partial charge in [-0.15, -0.1) is 10.2 Å². The van der Waals surface area contributed by atoms with E-state index in [4.69, 9.17) is 4.74 Å². The first-order chi connectivity index (χ1) is 15.7. The van der Waals surface area contributed by atoms with Crippen LogP contribution >= 0.6 is 23.1 Å². The third kappa shape index (κ3) is 6.46. The number of rotatable bonds is 10. The lowest BCUT2D eigenvalue weighted by Gasteiger charge is -2.25. The third-order valence-electron chi connectivity index (χ3n) is 4.44. The maximum atomic E-state index is 13.5. The molecule has 2 aromatic carbocycles. The molecule has 33 heavy (non-hydrogen) atoms. The smallest absolute Gasteiger partial charge is 0.264 e. The number of aryl methyl sites for hydroxylation is 1. The Hall–Kier alpha value is -2.63. The van der Waals surface area contributed by atoms with E-state index >= 15 is 0 Å². The molecule has 0 atom stereocenters. The second-order valence-electron chi connectivity index (χ2n) is 7.62. The maximum Gasteiger partial charge on any atom is 0.264 e. The monoisotopic (exact) mass is 506 g/mol. The summed E-state index contributed by atoms with van der Waals surface area (Å²) in [5.41, 5.74) is 1.19. The van der Waals surface area contributed by atoms with E-state index in [1.54, 1.807) is 48.2 Å². The Bertz CT molecular complexity index is 1190. The SMILES string of the molecule is COc1ccccc1N(CC(=O)Nc1nnc(SCC(C)C)s1)S(=O)(=O)c1ccc(C)cc1. The number of carbonyl (C=O) groups excluding carboxylic acids is 1. The summed E-state index contributed by atoms with van der Waals surface area (Å²) in [6.07, 6.45) is 0. The number of benzene rings is 2. The van der Waals surface area contributed by atoms with E-state index in [0.29, 0.717) is 16.8 Å². The molecule has 1 heterocycles. The van der Waals surface area contributed by atoms with Gasteiger partial charge in [-0.3, -0.25) is 14.4 Å². The lowest BCUT2D eigenvalue weighted by Crippen LogP contribution is -2.38. The van der Waals surface area contributed by atoms with Crippen molar-refractivity contribution >= 4 is 49.8 Å². The Morgan fingerprint density at radius 1 is 1.15 bits per heavy atom. The van der Waals surface area contributed by atoms with Gasteiger partial charge in [0.1, 0.15) is 12.3 Å². The van der Waals surface area contributed by atoms with Crippen LogP contribution in [-0.4, -0.2) is 43.9 Å². The van der Waals surface area contributed by atoms with Crippen molar-refractivity contribution in [3.63, 3.8) is 0 Å². The summed E-state index contributed by atoms with van der Waals surface area (Å²) in [5.74, 6) is 1.19. The second kappa shape index (κ2) is 11.0. The van der Waals surface area contributed by atoms with Crippen LogP contribution in [0, 0.1) is 12.8 Å². The number of hydrogen-bond donors (Lipinski definition) is 1. The summed E-state index contributed by atoms with van der Waals surface area (Å²) < 4.78 is 34.2. The van der Waals surface area contributed by atoms with Crippen molar-refractivity contribution in [1.82, 2.24) is 10.2 Å². The Kier molecular flexibility index (Phi) is 8.33. The van der Waals surface area contributed by atoms with Crippen LogP contribution < -0.4 is 14.4 Å². The Morgan fingerprint density at radius 2 is 1.85 bits per heavy atom. The minimum atomic E-state index is -4.05. The van der Waals surface area contributed by atoms with Crippen molar-refractivity contribution in [3.05, 3.63) is 54.1 Å². The average Bonchev–Trinajstić information content (AvgIpc) is 3.23. The van der Waals surface area contributed by atoms with Gasteiger partial charge in [-0.1, -0.05) is 66.8 Å². The van der Waals surface area contributed by atoms with E-state index in [0.717, 1.165) is 20.0 Å². The Balaban J connectivity index is 1.87. The molecule has 0 spiro atoms. The fourth-order valence-electron chi connectivity index (χ4n) is 2.82. The lowest BCUT2D eigenvalue weighted by atomic mass is 10.2. The number of para-hydroxylation sites is 2. The van der Waals surface area contributed by atoms with Crippen LogP contribution in [0.15, 0.2) is 57.8 Å². The van der Waals surface area contributed by atoms with Gasteiger partial charge in [0, 0.05) is 5.75 Å². The molecular formula is C22H26N4O4S3. The molecule has 1 aromatic heterocycles. The number of nitrogens with zero attached hydrogens (tertiary/aromatic N) is 3. The van der Waals surface area contributed by atoms with Gasteiger partial charge in [0.15, 0.2) is 4.34 Å². The molecule has 0 radical (unpaired) electrons. The number of aromatic nitrogens is 2. The molecule has 0 bridgehead atoms. The van der Waals surface area contributed by atoms with Gasteiger partial charge in [0.05, 0.1) is 17.7 Å². The van der Waals surface area contributed by atoms with Crippen LogP contribution in [-0.2, 0) is 14.8 Å². The number of hydrogen-bond acceptors (Lipinski definition) is 8. The molecular weight excluding hydrogens is 480 g/mol.